The number of anilines is 1. The van der Waals surface area contributed by atoms with Gasteiger partial charge < -0.3 is 9.32 Å². The summed E-state index contributed by atoms with van der Waals surface area (Å²) in [4.78, 5) is 13.9. The van der Waals surface area contributed by atoms with Gasteiger partial charge in [-0.2, -0.15) is 15.0 Å². The number of aromatic nitrogens is 3. The zero-order valence-corrected chi connectivity index (χ0v) is 9.06. The van der Waals surface area contributed by atoms with Gasteiger partial charge >= 0.3 is 0 Å². The minimum atomic E-state index is 0.153. The Bertz CT molecular complexity index is 455. The van der Waals surface area contributed by atoms with Gasteiger partial charge in [-0.05, 0) is 23.7 Å². The highest BCUT2D eigenvalue weighted by atomic mass is 35.5. The highest BCUT2D eigenvalue weighted by Crippen LogP contribution is 2.18. The van der Waals surface area contributed by atoms with Crippen LogP contribution < -0.4 is 4.90 Å². The molecule has 0 aliphatic carbocycles. The van der Waals surface area contributed by atoms with E-state index in [-0.39, 0.29) is 5.28 Å². The van der Waals surface area contributed by atoms with Gasteiger partial charge in [0.2, 0.25) is 17.1 Å². The molecule has 78 valence electrons. The van der Waals surface area contributed by atoms with Gasteiger partial charge in [0.25, 0.3) is 0 Å². The third-order valence-electron chi connectivity index (χ3n) is 1.74. The molecule has 0 amide bonds. The number of hydrogen-bond donors (Lipinski definition) is 0. The highest BCUT2D eigenvalue weighted by molar-refractivity contribution is 6.28. The van der Waals surface area contributed by atoms with Crippen LogP contribution in [0.3, 0.4) is 0 Å². The lowest BCUT2D eigenvalue weighted by molar-refractivity contribution is 0.576. The Labute approximate surface area is 91.7 Å². The normalized spacial score (nSPS) is 10.3. The zero-order valence-electron chi connectivity index (χ0n) is 8.31. The summed E-state index contributed by atoms with van der Waals surface area (Å²) in [6, 6.07) is 3.54. The molecule has 0 N–H and O–H groups in total. The third-order valence-corrected chi connectivity index (χ3v) is 1.91. The molecule has 0 radical (unpaired) electrons. The lowest BCUT2D eigenvalue weighted by atomic mass is 10.4. The first-order valence-corrected chi connectivity index (χ1v) is 4.67. The molecule has 0 aliphatic rings. The Morgan fingerprint density at radius 2 is 2.07 bits per heavy atom. The summed E-state index contributed by atoms with van der Waals surface area (Å²) in [5.74, 6) is 1.51. The molecule has 0 spiro atoms. The van der Waals surface area contributed by atoms with Crippen molar-refractivity contribution in [2.24, 2.45) is 0 Å². The van der Waals surface area contributed by atoms with Crippen LogP contribution in [-0.2, 0) is 0 Å². The van der Waals surface area contributed by atoms with Crippen LogP contribution in [0.1, 0.15) is 0 Å². The molecule has 6 heteroatoms. The van der Waals surface area contributed by atoms with E-state index in [4.69, 9.17) is 16.0 Å². The molecule has 0 saturated carbocycles. The fourth-order valence-electron chi connectivity index (χ4n) is 1.06. The summed E-state index contributed by atoms with van der Waals surface area (Å²) >= 11 is 5.78. The zero-order chi connectivity index (χ0) is 10.8. The molecule has 15 heavy (non-hydrogen) atoms. The van der Waals surface area contributed by atoms with E-state index in [9.17, 15) is 0 Å². The van der Waals surface area contributed by atoms with E-state index < -0.39 is 0 Å². The lowest BCUT2D eigenvalue weighted by Gasteiger charge is -2.09. The molecule has 2 aromatic heterocycles. The van der Waals surface area contributed by atoms with E-state index in [1.807, 2.05) is 14.1 Å². The number of nitrogens with zero attached hydrogens (tertiary/aromatic N) is 4. The van der Waals surface area contributed by atoms with E-state index in [1.54, 1.807) is 23.3 Å². The first-order chi connectivity index (χ1) is 7.16. The molecule has 5 nitrogen and oxygen atoms in total. The summed E-state index contributed by atoms with van der Waals surface area (Å²) in [5.41, 5.74) is 0. The van der Waals surface area contributed by atoms with Crippen LogP contribution in [0.5, 0.6) is 0 Å². The Morgan fingerprint density at radius 3 is 2.67 bits per heavy atom. The predicted octanol–water partition coefficient (Wildman–Crippen LogP) is 1.85. The standard InChI is InChI=1S/C9H9ClN4O/c1-14(2)9-12-7(11-8(10)13-9)6-4-3-5-15-6/h3-5H,1-2H3. The second-order valence-corrected chi connectivity index (χ2v) is 3.44. The minimum absolute atomic E-state index is 0.153. The van der Waals surface area contributed by atoms with Crippen LogP contribution in [-0.4, -0.2) is 29.0 Å². The van der Waals surface area contributed by atoms with Crippen molar-refractivity contribution in [2.45, 2.75) is 0 Å². The maximum atomic E-state index is 5.78. The Morgan fingerprint density at radius 1 is 1.27 bits per heavy atom. The van der Waals surface area contributed by atoms with Gasteiger partial charge in [-0.3, -0.25) is 0 Å². The quantitative estimate of drug-likeness (QED) is 0.779. The van der Waals surface area contributed by atoms with Crippen LogP contribution >= 0.6 is 11.6 Å². The first kappa shape index (κ1) is 9.92. The van der Waals surface area contributed by atoms with E-state index in [0.29, 0.717) is 17.5 Å². The third kappa shape index (κ3) is 2.07. The number of halogens is 1. The van der Waals surface area contributed by atoms with Gasteiger partial charge in [0, 0.05) is 14.1 Å². The molecule has 2 aromatic rings. The number of rotatable bonds is 2. The molecule has 0 bridgehead atoms. The molecule has 0 aromatic carbocycles. The van der Waals surface area contributed by atoms with Gasteiger partial charge in [-0.1, -0.05) is 0 Å². The fraction of sp³-hybridized carbons (Fsp3) is 0.222. The summed E-state index contributed by atoms with van der Waals surface area (Å²) < 4.78 is 5.18. The molecule has 2 heterocycles. The Kier molecular flexibility index (Phi) is 2.55. The summed E-state index contributed by atoms with van der Waals surface area (Å²) in [7, 11) is 3.66. The van der Waals surface area contributed by atoms with E-state index in [0.717, 1.165) is 0 Å². The molecule has 0 aliphatic heterocycles. The summed E-state index contributed by atoms with van der Waals surface area (Å²) in [6.45, 7) is 0. The molecular weight excluding hydrogens is 216 g/mol. The molecular formula is C9H9ClN4O. The van der Waals surface area contributed by atoms with Gasteiger partial charge in [0.05, 0.1) is 6.26 Å². The largest absolute Gasteiger partial charge is 0.461 e. The topological polar surface area (TPSA) is 55.1 Å². The Hall–Kier alpha value is -1.62. The van der Waals surface area contributed by atoms with Crippen LogP contribution in [0.15, 0.2) is 22.8 Å². The second kappa shape index (κ2) is 3.86. The van der Waals surface area contributed by atoms with E-state index in [1.165, 1.54) is 0 Å². The molecule has 2 rings (SSSR count). The minimum Gasteiger partial charge on any atom is -0.461 e. The lowest BCUT2D eigenvalue weighted by Crippen LogP contribution is -2.13. The van der Waals surface area contributed by atoms with Crippen LogP contribution in [0, 0.1) is 0 Å². The molecule has 0 saturated heterocycles. The van der Waals surface area contributed by atoms with Crippen molar-refractivity contribution < 1.29 is 4.42 Å². The van der Waals surface area contributed by atoms with Crippen LogP contribution in [0.2, 0.25) is 5.28 Å². The van der Waals surface area contributed by atoms with Gasteiger partial charge in [-0.15, -0.1) is 0 Å². The van der Waals surface area contributed by atoms with Gasteiger partial charge in [0.15, 0.2) is 5.76 Å². The van der Waals surface area contributed by atoms with Crippen molar-refractivity contribution in [3.05, 3.63) is 23.7 Å². The predicted molar refractivity (Wildman–Crippen MR) is 56.9 cm³/mol. The SMILES string of the molecule is CN(C)c1nc(Cl)nc(-c2ccco2)n1. The monoisotopic (exact) mass is 224 g/mol. The fourth-order valence-corrected chi connectivity index (χ4v) is 1.21. The van der Waals surface area contributed by atoms with Crippen molar-refractivity contribution in [3.63, 3.8) is 0 Å². The number of furan rings is 1. The molecule has 0 fully saturated rings. The van der Waals surface area contributed by atoms with Crippen LogP contribution in [0.25, 0.3) is 11.6 Å². The maximum absolute atomic E-state index is 5.78. The van der Waals surface area contributed by atoms with Crippen molar-refractivity contribution >= 4 is 17.5 Å². The van der Waals surface area contributed by atoms with Crippen LogP contribution in [0.4, 0.5) is 5.95 Å². The molecule has 0 atom stereocenters. The first-order valence-electron chi connectivity index (χ1n) is 4.29. The van der Waals surface area contributed by atoms with Crippen molar-refractivity contribution in [1.82, 2.24) is 15.0 Å². The second-order valence-electron chi connectivity index (χ2n) is 3.10. The average Bonchev–Trinajstić information content (AvgIpc) is 2.69. The number of hydrogen-bond acceptors (Lipinski definition) is 5. The Balaban J connectivity index is 2.49. The maximum Gasteiger partial charge on any atom is 0.229 e. The average molecular weight is 225 g/mol. The highest BCUT2D eigenvalue weighted by Gasteiger charge is 2.10. The molecule has 0 unspecified atom stereocenters. The van der Waals surface area contributed by atoms with Crippen molar-refractivity contribution in [2.75, 3.05) is 19.0 Å². The van der Waals surface area contributed by atoms with Gasteiger partial charge in [-0.25, -0.2) is 0 Å². The van der Waals surface area contributed by atoms with E-state index >= 15 is 0 Å². The smallest absolute Gasteiger partial charge is 0.229 e. The van der Waals surface area contributed by atoms with Crippen molar-refractivity contribution in [3.8, 4) is 11.6 Å². The van der Waals surface area contributed by atoms with Crippen molar-refractivity contribution in [1.29, 1.82) is 0 Å². The van der Waals surface area contributed by atoms with E-state index in [2.05, 4.69) is 15.0 Å². The van der Waals surface area contributed by atoms with Gasteiger partial charge in [0.1, 0.15) is 0 Å². The summed E-state index contributed by atoms with van der Waals surface area (Å²) in [5, 5.41) is 0.153. The summed E-state index contributed by atoms with van der Waals surface area (Å²) in [6.07, 6.45) is 1.56.